The lowest BCUT2D eigenvalue weighted by Crippen LogP contribution is -2.36. The molecule has 1 atom stereocenters. The van der Waals surface area contributed by atoms with Crippen molar-refractivity contribution in [2.45, 2.75) is 12.5 Å². The molecule has 1 unspecified atom stereocenters. The smallest absolute Gasteiger partial charge is 0.224 e. The van der Waals surface area contributed by atoms with Crippen LogP contribution in [0, 0.1) is 5.82 Å². The monoisotopic (exact) mass is 358 g/mol. The Hall–Kier alpha value is -2.44. The van der Waals surface area contributed by atoms with Gasteiger partial charge in [0.1, 0.15) is 5.82 Å². The second-order valence-electron chi connectivity index (χ2n) is 6.28. The van der Waals surface area contributed by atoms with E-state index in [1.807, 2.05) is 24.3 Å². The van der Waals surface area contributed by atoms with Crippen LogP contribution in [0.2, 0.25) is 0 Å². The Morgan fingerprint density at radius 2 is 1.85 bits per heavy atom. The molecule has 0 aliphatic carbocycles. The molecule has 0 radical (unpaired) electrons. The molecule has 1 fully saturated rings. The topological polar surface area (TPSA) is 61.8 Å². The fourth-order valence-corrected chi connectivity index (χ4v) is 2.93. The first kappa shape index (κ1) is 18.4. The number of morpholine rings is 1. The van der Waals surface area contributed by atoms with Gasteiger partial charge in [0, 0.05) is 25.3 Å². The zero-order valence-corrected chi connectivity index (χ0v) is 14.5. The molecule has 1 aliphatic heterocycles. The molecule has 0 saturated carbocycles. The van der Waals surface area contributed by atoms with E-state index in [2.05, 4.69) is 10.2 Å². The molecule has 1 aliphatic rings. The predicted molar refractivity (Wildman–Crippen MR) is 97.5 cm³/mol. The number of nitrogens with zero attached hydrogens (tertiary/aromatic N) is 1. The highest BCUT2D eigenvalue weighted by atomic mass is 19.1. The number of halogens is 1. The summed E-state index contributed by atoms with van der Waals surface area (Å²) in [6, 6.07) is 13.8. The van der Waals surface area contributed by atoms with Gasteiger partial charge in [-0.15, -0.1) is 0 Å². The van der Waals surface area contributed by atoms with Crippen molar-refractivity contribution >= 4 is 11.6 Å². The third-order valence-electron chi connectivity index (χ3n) is 4.46. The molecule has 0 aromatic heterocycles. The van der Waals surface area contributed by atoms with Gasteiger partial charge in [-0.3, -0.25) is 4.79 Å². The maximum Gasteiger partial charge on any atom is 0.224 e. The summed E-state index contributed by atoms with van der Waals surface area (Å²) in [4.78, 5) is 14.2. The van der Waals surface area contributed by atoms with E-state index in [4.69, 9.17) is 4.74 Å². The number of rotatable bonds is 6. The largest absolute Gasteiger partial charge is 0.387 e. The van der Waals surface area contributed by atoms with Gasteiger partial charge >= 0.3 is 0 Å². The molecule has 0 bridgehead atoms. The fraction of sp³-hybridized carbons (Fsp3) is 0.350. The highest BCUT2D eigenvalue weighted by Crippen LogP contribution is 2.20. The summed E-state index contributed by atoms with van der Waals surface area (Å²) < 4.78 is 18.9. The second kappa shape index (κ2) is 8.78. The summed E-state index contributed by atoms with van der Waals surface area (Å²) in [6.07, 6.45) is -0.853. The van der Waals surface area contributed by atoms with E-state index < -0.39 is 11.9 Å². The Balaban J connectivity index is 1.50. The molecular formula is C20H23FN2O3. The number of anilines is 1. The fourth-order valence-electron chi connectivity index (χ4n) is 2.93. The zero-order valence-electron chi connectivity index (χ0n) is 14.5. The lowest BCUT2D eigenvalue weighted by atomic mass is 10.1. The lowest BCUT2D eigenvalue weighted by molar-refractivity contribution is -0.120. The number of hydrogen-bond acceptors (Lipinski definition) is 4. The molecular weight excluding hydrogens is 335 g/mol. The third kappa shape index (κ3) is 4.80. The normalized spacial score (nSPS) is 15.5. The van der Waals surface area contributed by atoms with E-state index in [0.29, 0.717) is 5.56 Å². The minimum atomic E-state index is -0.807. The number of nitrogens with one attached hydrogen (secondary N) is 1. The average Bonchev–Trinajstić information content (AvgIpc) is 2.69. The van der Waals surface area contributed by atoms with E-state index >= 15 is 0 Å². The highest BCUT2D eigenvalue weighted by molar-refractivity contribution is 5.78. The van der Waals surface area contributed by atoms with Crippen LogP contribution in [0.15, 0.2) is 48.5 Å². The lowest BCUT2D eigenvalue weighted by Gasteiger charge is -2.29. The van der Waals surface area contributed by atoms with Crippen molar-refractivity contribution in [3.05, 3.63) is 65.5 Å². The van der Waals surface area contributed by atoms with E-state index in [1.54, 1.807) is 18.2 Å². The molecule has 138 valence electrons. The molecule has 0 spiro atoms. The van der Waals surface area contributed by atoms with Gasteiger partial charge < -0.3 is 20.1 Å². The van der Waals surface area contributed by atoms with Crippen molar-refractivity contribution in [2.24, 2.45) is 0 Å². The molecule has 2 N–H and O–H groups in total. The van der Waals surface area contributed by atoms with Crippen LogP contribution in [0.4, 0.5) is 10.1 Å². The summed E-state index contributed by atoms with van der Waals surface area (Å²) >= 11 is 0. The highest BCUT2D eigenvalue weighted by Gasteiger charge is 2.14. The van der Waals surface area contributed by atoms with Crippen molar-refractivity contribution in [2.75, 3.05) is 37.7 Å². The number of aliphatic hydroxyl groups is 1. The third-order valence-corrected chi connectivity index (χ3v) is 4.46. The quantitative estimate of drug-likeness (QED) is 0.830. The summed E-state index contributed by atoms with van der Waals surface area (Å²) in [7, 11) is 0. The molecule has 2 aromatic rings. The average molecular weight is 358 g/mol. The van der Waals surface area contributed by atoms with Gasteiger partial charge in [-0.2, -0.15) is 0 Å². The van der Waals surface area contributed by atoms with E-state index in [1.165, 1.54) is 6.07 Å². The van der Waals surface area contributed by atoms with Crippen molar-refractivity contribution in [3.8, 4) is 0 Å². The van der Waals surface area contributed by atoms with Gasteiger partial charge in [0.15, 0.2) is 0 Å². The van der Waals surface area contributed by atoms with Crippen LogP contribution in [-0.2, 0) is 16.0 Å². The van der Waals surface area contributed by atoms with Crippen LogP contribution in [0.3, 0.4) is 0 Å². The van der Waals surface area contributed by atoms with E-state index in [0.717, 1.165) is 37.6 Å². The Kier molecular flexibility index (Phi) is 6.20. The van der Waals surface area contributed by atoms with Crippen molar-refractivity contribution in [1.29, 1.82) is 0 Å². The van der Waals surface area contributed by atoms with Crippen LogP contribution >= 0.6 is 0 Å². The molecule has 6 heteroatoms. The van der Waals surface area contributed by atoms with Crippen molar-refractivity contribution in [1.82, 2.24) is 5.32 Å². The first-order valence-corrected chi connectivity index (χ1v) is 8.74. The Morgan fingerprint density at radius 1 is 1.15 bits per heavy atom. The van der Waals surface area contributed by atoms with Gasteiger partial charge in [-0.05, 0) is 29.3 Å². The van der Waals surface area contributed by atoms with Crippen LogP contribution in [0.1, 0.15) is 17.2 Å². The summed E-state index contributed by atoms with van der Waals surface area (Å²) in [5.41, 5.74) is 2.16. The summed E-state index contributed by atoms with van der Waals surface area (Å²) in [6.45, 7) is 3.24. The van der Waals surface area contributed by atoms with Crippen LogP contribution < -0.4 is 10.2 Å². The number of benzene rings is 2. The molecule has 5 nitrogen and oxygen atoms in total. The number of ether oxygens (including phenoxy) is 1. The predicted octanol–water partition coefficient (Wildman–Crippen LogP) is 2.05. The zero-order chi connectivity index (χ0) is 18.4. The van der Waals surface area contributed by atoms with E-state index in [-0.39, 0.29) is 18.9 Å². The summed E-state index contributed by atoms with van der Waals surface area (Å²) in [5.74, 6) is -0.721. The maximum atomic E-state index is 13.6. The Morgan fingerprint density at radius 3 is 2.54 bits per heavy atom. The molecule has 1 saturated heterocycles. The Labute approximate surface area is 152 Å². The first-order chi connectivity index (χ1) is 12.6. The van der Waals surface area contributed by atoms with Gasteiger partial charge in [0.05, 0.1) is 25.7 Å². The number of carbonyl (C=O) groups is 1. The molecule has 1 heterocycles. The van der Waals surface area contributed by atoms with Gasteiger partial charge in [0.25, 0.3) is 0 Å². The van der Waals surface area contributed by atoms with Gasteiger partial charge in [-0.1, -0.05) is 30.3 Å². The minimum Gasteiger partial charge on any atom is -0.387 e. The van der Waals surface area contributed by atoms with Crippen molar-refractivity contribution < 1.29 is 19.0 Å². The maximum absolute atomic E-state index is 13.6. The Bertz CT molecular complexity index is 730. The first-order valence-electron chi connectivity index (χ1n) is 8.74. The van der Waals surface area contributed by atoms with Crippen molar-refractivity contribution in [3.63, 3.8) is 0 Å². The van der Waals surface area contributed by atoms with E-state index in [9.17, 15) is 14.3 Å². The second-order valence-corrected chi connectivity index (χ2v) is 6.28. The number of aliphatic hydroxyl groups excluding tert-OH is 1. The van der Waals surface area contributed by atoms with Crippen LogP contribution in [0.5, 0.6) is 0 Å². The molecule has 1 amide bonds. The number of carbonyl (C=O) groups excluding carboxylic acids is 1. The van der Waals surface area contributed by atoms with Crippen LogP contribution in [0.25, 0.3) is 0 Å². The van der Waals surface area contributed by atoms with Crippen LogP contribution in [-0.4, -0.2) is 43.9 Å². The molecule has 26 heavy (non-hydrogen) atoms. The number of amides is 1. The van der Waals surface area contributed by atoms with Gasteiger partial charge in [0.2, 0.25) is 5.91 Å². The molecule has 2 aromatic carbocycles. The number of hydrogen-bond donors (Lipinski definition) is 2. The molecule has 3 rings (SSSR count). The SMILES string of the molecule is O=C(Cc1ccccc1F)NCC(O)c1ccc(N2CCOCC2)cc1. The standard InChI is InChI=1S/C20H23FN2O3/c21-18-4-2-1-3-16(18)13-20(25)22-14-19(24)15-5-7-17(8-6-15)23-9-11-26-12-10-23/h1-8,19,24H,9-14H2,(H,22,25). The van der Waals surface area contributed by atoms with Gasteiger partial charge in [-0.25, -0.2) is 4.39 Å². The summed E-state index contributed by atoms with van der Waals surface area (Å²) in [5, 5.41) is 12.9. The minimum absolute atomic E-state index is 0.0463.